The van der Waals surface area contributed by atoms with Gasteiger partial charge in [0.1, 0.15) is 17.3 Å². The minimum absolute atomic E-state index is 0.509. The molecule has 4 rings (SSSR count). The second-order valence-electron chi connectivity index (χ2n) is 5.10. The SMILES string of the molecule is Cc1ccc(-c2cc3c4c(c(N)nc3o2)CCO4)cc1. The van der Waals surface area contributed by atoms with Gasteiger partial charge < -0.3 is 14.9 Å². The van der Waals surface area contributed by atoms with Crippen molar-refractivity contribution in [3.05, 3.63) is 41.5 Å². The van der Waals surface area contributed by atoms with Gasteiger partial charge >= 0.3 is 0 Å². The Morgan fingerprint density at radius 2 is 2.00 bits per heavy atom. The Labute approximate surface area is 116 Å². The number of hydrogen-bond donors (Lipinski definition) is 1. The van der Waals surface area contributed by atoms with Gasteiger partial charge in [-0.3, -0.25) is 0 Å². The average molecular weight is 266 g/mol. The quantitative estimate of drug-likeness (QED) is 0.734. The average Bonchev–Trinajstić information content (AvgIpc) is 3.05. The fourth-order valence-electron chi connectivity index (χ4n) is 2.60. The lowest BCUT2D eigenvalue weighted by Gasteiger charge is -2.01. The fourth-order valence-corrected chi connectivity index (χ4v) is 2.60. The van der Waals surface area contributed by atoms with Crippen LogP contribution in [0.5, 0.6) is 5.75 Å². The summed E-state index contributed by atoms with van der Waals surface area (Å²) >= 11 is 0. The van der Waals surface area contributed by atoms with Crippen LogP contribution in [0.1, 0.15) is 11.1 Å². The van der Waals surface area contributed by atoms with E-state index < -0.39 is 0 Å². The third kappa shape index (κ3) is 1.58. The zero-order valence-electron chi connectivity index (χ0n) is 11.1. The molecule has 4 heteroatoms. The summed E-state index contributed by atoms with van der Waals surface area (Å²) in [5, 5.41) is 0.905. The van der Waals surface area contributed by atoms with Gasteiger partial charge in [0.05, 0.1) is 12.0 Å². The first-order valence-electron chi connectivity index (χ1n) is 6.64. The summed E-state index contributed by atoms with van der Waals surface area (Å²) in [5.74, 6) is 2.13. The lowest BCUT2D eigenvalue weighted by molar-refractivity contribution is 0.360. The molecule has 0 fully saturated rings. The van der Waals surface area contributed by atoms with Gasteiger partial charge in [-0.05, 0) is 13.0 Å². The van der Waals surface area contributed by atoms with Gasteiger partial charge in [-0.2, -0.15) is 4.98 Å². The molecule has 20 heavy (non-hydrogen) atoms. The number of fused-ring (bicyclic) bond motifs is 3. The number of anilines is 1. The highest BCUT2D eigenvalue weighted by atomic mass is 16.5. The maximum absolute atomic E-state index is 5.95. The topological polar surface area (TPSA) is 61.3 Å². The Balaban J connectivity index is 1.93. The molecule has 0 unspecified atom stereocenters. The molecule has 2 N–H and O–H groups in total. The predicted molar refractivity (Wildman–Crippen MR) is 77.8 cm³/mol. The maximum Gasteiger partial charge on any atom is 0.232 e. The second kappa shape index (κ2) is 4.00. The number of pyridine rings is 1. The number of furan rings is 1. The van der Waals surface area contributed by atoms with E-state index in [0.29, 0.717) is 18.1 Å². The van der Waals surface area contributed by atoms with Crippen molar-refractivity contribution in [1.29, 1.82) is 0 Å². The van der Waals surface area contributed by atoms with Crippen LogP contribution in [-0.2, 0) is 6.42 Å². The van der Waals surface area contributed by atoms with E-state index in [1.54, 1.807) is 0 Å². The molecule has 1 aromatic carbocycles. The first-order valence-corrected chi connectivity index (χ1v) is 6.64. The van der Waals surface area contributed by atoms with E-state index in [-0.39, 0.29) is 0 Å². The van der Waals surface area contributed by atoms with E-state index in [0.717, 1.165) is 34.4 Å². The molecule has 0 saturated heterocycles. The summed E-state index contributed by atoms with van der Waals surface area (Å²) in [6.45, 7) is 2.72. The summed E-state index contributed by atoms with van der Waals surface area (Å²) in [7, 11) is 0. The number of rotatable bonds is 1. The molecule has 1 aliphatic rings. The van der Waals surface area contributed by atoms with Crippen LogP contribution in [0.25, 0.3) is 22.4 Å². The Bertz CT molecular complexity index is 803. The first-order chi connectivity index (χ1) is 9.72. The van der Waals surface area contributed by atoms with E-state index in [9.17, 15) is 0 Å². The molecule has 0 amide bonds. The molecule has 100 valence electrons. The van der Waals surface area contributed by atoms with Gasteiger partial charge in [0, 0.05) is 17.5 Å². The molecule has 0 atom stereocenters. The largest absolute Gasteiger partial charge is 0.492 e. The van der Waals surface area contributed by atoms with Crippen molar-refractivity contribution in [1.82, 2.24) is 4.98 Å². The molecule has 0 radical (unpaired) electrons. The third-order valence-corrected chi connectivity index (χ3v) is 3.70. The standard InChI is InChI=1S/C16H14N2O2/c1-9-2-4-10(5-3-9)13-8-12-14-11(6-7-19-14)15(17)18-16(12)20-13/h2-5,8H,6-7H2,1H3,(H2,17,18). The van der Waals surface area contributed by atoms with Gasteiger partial charge in [0.15, 0.2) is 0 Å². The Hall–Kier alpha value is -2.49. The zero-order chi connectivity index (χ0) is 13.7. The van der Waals surface area contributed by atoms with E-state index in [2.05, 4.69) is 24.0 Å². The number of benzene rings is 1. The van der Waals surface area contributed by atoms with Crippen molar-refractivity contribution >= 4 is 16.9 Å². The highest BCUT2D eigenvalue weighted by molar-refractivity contribution is 5.89. The Morgan fingerprint density at radius 1 is 1.20 bits per heavy atom. The number of hydrogen-bond acceptors (Lipinski definition) is 4. The van der Waals surface area contributed by atoms with E-state index in [1.807, 2.05) is 18.2 Å². The summed E-state index contributed by atoms with van der Waals surface area (Å²) in [6.07, 6.45) is 0.815. The second-order valence-corrected chi connectivity index (χ2v) is 5.10. The lowest BCUT2D eigenvalue weighted by Crippen LogP contribution is -1.94. The normalized spacial score (nSPS) is 13.4. The van der Waals surface area contributed by atoms with Crippen molar-refractivity contribution in [2.24, 2.45) is 0 Å². The van der Waals surface area contributed by atoms with Crippen molar-refractivity contribution < 1.29 is 9.15 Å². The van der Waals surface area contributed by atoms with Gasteiger partial charge in [0.25, 0.3) is 0 Å². The number of ether oxygens (including phenoxy) is 1. The first kappa shape index (κ1) is 11.3. The highest BCUT2D eigenvalue weighted by Crippen LogP contribution is 2.39. The van der Waals surface area contributed by atoms with Gasteiger partial charge in [-0.25, -0.2) is 0 Å². The van der Waals surface area contributed by atoms with Crippen LogP contribution in [0.4, 0.5) is 5.82 Å². The molecule has 1 aliphatic heterocycles. The summed E-state index contributed by atoms with van der Waals surface area (Å²) in [5.41, 5.74) is 9.74. The summed E-state index contributed by atoms with van der Waals surface area (Å²) in [4.78, 5) is 4.34. The Kier molecular flexibility index (Phi) is 2.27. The van der Waals surface area contributed by atoms with Crippen molar-refractivity contribution in [2.75, 3.05) is 12.3 Å². The number of nitrogens with zero attached hydrogens (tertiary/aromatic N) is 1. The summed E-state index contributed by atoms with van der Waals surface area (Å²) < 4.78 is 11.5. The maximum atomic E-state index is 5.95. The van der Waals surface area contributed by atoms with Gasteiger partial charge in [0.2, 0.25) is 5.71 Å². The Morgan fingerprint density at radius 3 is 2.80 bits per heavy atom. The van der Waals surface area contributed by atoms with Crippen molar-refractivity contribution in [3.8, 4) is 17.1 Å². The third-order valence-electron chi connectivity index (χ3n) is 3.70. The molecule has 3 aromatic rings. The van der Waals surface area contributed by atoms with Crippen LogP contribution in [0, 0.1) is 6.92 Å². The minimum atomic E-state index is 0.509. The molecule has 0 saturated carbocycles. The van der Waals surface area contributed by atoms with E-state index in [4.69, 9.17) is 14.9 Å². The molecular weight excluding hydrogens is 252 g/mol. The smallest absolute Gasteiger partial charge is 0.232 e. The molecule has 2 aromatic heterocycles. The zero-order valence-corrected chi connectivity index (χ0v) is 11.1. The lowest BCUT2D eigenvalue weighted by atomic mass is 10.1. The summed E-state index contributed by atoms with van der Waals surface area (Å²) in [6, 6.07) is 10.2. The van der Waals surface area contributed by atoms with E-state index >= 15 is 0 Å². The van der Waals surface area contributed by atoms with Crippen molar-refractivity contribution in [3.63, 3.8) is 0 Å². The molecule has 0 spiro atoms. The van der Waals surface area contributed by atoms with Crippen LogP contribution >= 0.6 is 0 Å². The molecule has 0 bridgehead atoms. The van der Waals surface area contributed by atoms with Gasteiger partial charge in [-0.1, -0.05) is 29.8 Å². The number of aromatic nitrogens is 1. The van der Waals surface area contributed by atoms with Crippen LogP contribution in [0.2, 0.25) is 0 Å². The number of aryl methyl sites for hydroxylation is 1. The minimum Gasteiger partial charge on any atom is -0.492 e. The van der Waals surface area contributed by atoms with E-state index in [1.165, 1.54) is 5.56 Å². The number of nitrogens with two attached hydrogens (primary N) is 1. The molecule has 0 aliphatic carbocycles. The fraction of sp³-hybridized carbons (Fsp3) is 0.188. The molecule has 3 heterocycles. The number of nitrogen functional groups attached to an aromatic ring is 1. The monoisotopic (exact) mass is 266 g/mol. The predicted octanol–water partition coefficient (Wildman–Crippen LogP) is 3.32. The van der Waals surface area contributed by atoms with Crippen LogP contribution in [0.3, 0.4) is 0 Å². The van der Waals surface area contributed by atoms with Crippen LogP contribution in [0.15, 0.2) is 34.7 Å². The van der Waals surface area contributed by atoms with Gasteiger partial charge in [-0.15, -0.1) is 0 Å². The highest BCUT2D eigenvalue weighted by Gasteiger charge is 2.22. The van der Waals surface area contributed by atoms with Crippen molar-refractivity contribution in [2.45, 2.75) is 13.3 Å². The van der Waals surface area contributed by atoms with Crippen LogP contribution < -0.4 is 10.5 Å². The molecule has 4 nitrogen and oxygen atoms in total. The molecular formula is C16H14N2O2. The van der Waals surface area contributed by atoms with Crippen LogP contribution in [-0.4, -0.2) is 11.6 Å².